The first kappa shape index (κ1) is 16.1. The molecule has 116 valence electrons. The number of hydrogen-bond donors (Lipinski definition) is 2. The lowest BCUT2D eigenvalue weighted by atomic mass is 10.1. The van der Waals surface area contributed by atoms with Gasteiger partial charge >= 0.3 is 6.09 Å². The SMILES string of the molecule is O=C(NC(Cl)C(O)CCc1ccccc1)O[C@H]1CCOC1. The summed E-state index contributed by atoms with van der Waals surface area (Å²) in [5.74, 6) is 0. The molecule has 1 aromatic carbocycles. The molecule has 1 heterocycles. The van der Waals surface area contributed by atoms with E-state index in [9.17, 15) is 9.90 Å². The van der Waals surface area contributed by atoms with Gasteiger partial charge in [0.1, 0.15) is 11.6 Å². The van der Waals surface area contributed by atoms with Crippen LogP contribution >= 0.6 is 11.6 Å². The van der Waals surface area contributed by atoms with E-state index in [1.54, 1.807) is 0 Å². The van der Waals surface area contributed by atoms with Gasteiger partial charge in [0.15, 0.2) is 0 Å². The molecule has 1 aliphatic heterocycles. The summed E-state index contributed by atoms with van der Waals surface area (Å²) in [7, 11) is 0. The molecule has 0 spiro atoms. The molecular formula is C15H20ClNO4. The Hall–Kier alpha value is -1.30. The minimum absolute atomic E-state index is 0.227. The van der Waals surface area contributed by atoms with Crippen molar-refractivity contribution in [3.05, 3.63) is 35.9 Å². The van der Waals surface area contributed by atoms with Crippen molar-refractivity contribution in [2.75, 3.05) is 13.2 Å². The van der Waals surface area contributed by atoms with Crippen molar-refractivity contribution >= 4 is 17.7 Å². The molecule has 0 aliphatic carbocycles. The zero-order valence-electron chi connectivity index (χ0n) is 11.7. The average molecular weight is 314 g/mol. The van der Waals surface area contributed by atoms with Crippen molar-refractivity contribution < 1.29 is 19.4 Å². The average Bonchev–Trinajstić information content (AvgIpc) is 2.98. The lowest BCUT2D eigenvalue weighted by molar-refractivity contribution is 0.0753. The smallest absolute Gasteiger partial charge is 0.408 e. The van der Waals surface area contributed by atoms with E-state index in [1.165, 1.54) is 0 Å². The molecule has 0 aromatic heterocycles. The standard InChI is InChI=1S/C15H20ClNO4/c16-14(17-15(19)21-12-8-9-20-10-12)13(18)7-6-11-4-2-1-3-5-11/h1-5,12-14,18H,6-10H2,(H,17,19)/t12-,13?,14?/m0/s1. The van der Waals surface area contributed by atoms with Gasteiger partial charge in [-0.15, -0.1) is 0 Å². The summed E-state index contributed by atoms with van der Waals surface area (Å²) in [6.45, 7) is 1.01. The Balaban J connectivity index is 1.69. The molecule has 2 rings (SSSR count). The van der Waals surface area contributed by atoms with Crippen molar-refractivity contribution in [2.45, 2.75) is 37.0 Å². The number of alkyl carbamates (subject to hydrolysis) is 1. The summed E-state index contributed by atoms with van der Waals surface area (Å²) >= 11 is 5.98. The third kappa shape index (κ3) is 5.53. The minimum atomic E-state index is -0.872. The Morgan fingerprint density at radius 2 is 2.24 bits per heavy atom. The molecule has 2 N–H and O–H groups in total. The van der Waals surface area contributed by atoms with Gasteiger partial charge in [-0.3, -0.25) is 0 Å². The fourth-order valence-electron chi connectivity index (χ4n) is 2.11. The van der Waals surface area contributed by atoms with Gasteiger partial charge in [-0.1, -0.05) is 41.9 Å². The van der Waals surface area contributed by atoms with Gasteiger partial charge in [0.25, 0.3) is 0 Å². The number of hydrogen-bond acceptors (Lipinski definition) is 4. The zero-order chi connectivity index (χ0) is 15.1. The van der Waals surface area contributed by atoms with E-state index in [4.69, 9.17) is 21.1 Å². The van der Waals surface area contributed by atoms with Crippen LogP contribution in [0.15, 0.2) is 30.3 Å². The Morgan fingerprint density at radius 3 is 2.90 bits per heavy atom. The summed E-state index contributed by atoms with van der Waals surface area (Å²) < 4.78 is 10.2. The maximum atomic E-state index is 11.6. The highest BCUT2D eigenvalue weighted by atomic mass is 35.5. The van der Waals surface area contributed by atoms with Gasteiger partial charge < -0.3 is 19.9 Å². The Morgan fingerprint density at radius 1 is 1.48 bits per heavy atom. The highest BCUT2D eigenvalue weighted by Crippen LogP contribution is 2.12. The molecule has 0 radical (unpaired) electrons. The zero-order valence-corrected chi connectivity index (χ0v) is 12.5. The lowest BCUT2D eigenvalue weighted by Gasteiger charge is -2.19. The van der Waals surface area contributed by atoms with Crippen molar-refractivity contribution in [3.8, 4) is 0 Å². The lowest BCUT2D eigenvalue weighted by Crippen LogP contribution is -2.41. The van der Waals surface area contributed by atoms with Gasteiger partial charge in [0.2, 0.25) is 0 Å². The second-order valence-electron chi connectivity index (χ2n) is 5.03. The van der Waals surface area contributed by atoms with Crippen LogP contribution in [-0.2, 0) is 15.9 Å². The van der Waals surface area contributed by atoms with E-state index < -0.39 is 17.7 Å². The van der Waals surface area contributed by atoms with E-state index in [2.05, 4.69) is 5.32 Å². The third-order valence-electron chi connectivity index (χ3n) is 3.33. The monoisotopic (exact) mass is 313 g/mol. The first-order valence-corrected chi connectivity index (χ1v) is 7.50. The van der Waals surface area contributed by atoms with Gasteiger partial charge in [0, 0.05) is 6.42 Å². The van der Waals surface area contributed by atoms with Crippen molar-refractivity contribution in [1.29, 1.82) is 0 Å². The van der Waals surface area contributed by atoms with Crippen LogP contribution in [0.25, 0.3) is 0 Å². The summed E-state index contributed by atoms with van der Waals surface area (Å²) in [6, 6.07) is 9.79. The molecule has 0 bridgehead atoms. The molecule has 0 saturated carbocycles. The number of alkyl halides is 1. The van der Waals surface area contributed by atoms with Crippen molar-refractivity contribution in [1.82, 2.24) is 5.32 Å². The number of ether oxygens (including phenoxy) is 2. The normalized spacial score (nSPS) is 20.8. The summed E-state index contributed by atoms with van der Waals surface area (Å²) in [5.41, 5.74) is 0.245. The van der Waals surface area contributed by atoms with Crippen molar-refractivity contribution in [3.63, 3.8) is 0 Å². The number of aryl methyl sites for hydroxylation is 1. The number of benzene rings is 1. The Labute approximate surface area is 129 Å². The number of amides is 1. The summed E-state index contributed by atoms with van der Waals surface area (Å²) in [4.78, 5) is 11.6. The van der Waals surface area contributed by atoms with Crippen LogP contribution in [0.2, 0.25) is 0 Å². The highest BCUT2D eigenvalue weighted by molar-refractivity contribution is 6.21. The molecule has 6 heteroatoms. The summed E-state index contributed by atoms with van der Waals surface area (Å²) in [6.07, 6.45) is 0.166. The molecule has 1 aliphatic rings. The maximum Gasteiger partial charge on any atom is 0.408 e. The van der Waals surface area contributed by atoms with Gasteiger partial charge in [0.05, 0.1) is 19.3 Å². The Kier molecular flexibility index (Phi) is 6.29. The fraction of sp³-hybridized carbons (Fsp3) is 0.533. The quantitative estimate of drug-likeness (QED) is 0.623. The van der Waals surface area contributed by atoms with Crippen LogP contribution in [0.3, 0.4) is 0 Å². The van der Waals surface area contributed by atoms with E-state index in [1.807, 2.05) is 30.3 Å². The molecule has 21 heavy (non-hydrogen) atoms. The Bertz CT molecular complexity index is 437. The molecular weight excluding hydrogens is 294 g/mol. The van der Waals surface area contributed by atoms with Crippen LogP contribution in [-0.4, -0.2) is 42.1 Å². The van der Waals surface area contributed by atoms with E-state index in [0.29, 0.717) is 32.5 Å². The number of carbonyl (C=O) groups excluding carboxylic acids is 1. The van der Waals surface area contributed by atoms with Crippen LogP contribution in [0.5, 0.6) is 0 Å². The molecule has 1 fully saturated rings. The van der Waals surface area contributed by atoms with E-state index in [0.717, 1.165) is 5.56 Å². The first-order chi connectivity index (χ1) is 10.1. The van der Waals surface area contributed by atoms with Crippen LogP contribution < -0.4 is 5.32 Å². The molecule has 3 atom stereocenters. The second kappa shape index (κ2) is 8.22. The molecule has 1 saturated heterocycles. The molecule has 1 aromatic rings. The first-order valence-electron chi connectivity index (χ1n) is 7.06. The predicted molar refractivity (Wildman–Crippen MR) is 79.3 cm³/mol. The van der Waals surface area contributed by atoms with Crippen LogP contribution in [0.1, 0.15) is 18.4 Å². The second-order valence-corrected chi connectivity index (χ2v) is 5.50. The van der Waals surface area contributed by atoms with E-state index >= 15 is 0 Å². The number of rotatable bonds is 6. The molecule has 2 unspecified atom stereocenters. The van der Waals surface area contributed by atoms with Crippen LogP contribution in [0.4, 0.5) is 4.79 Å². The molecule has 1 amide bonds. The number of halogens is 1. The largest absolute Gasteiger partial charge is 0.444 e. The topological polar surface area (TPSA) is 67.8 Å². The predicted octanol–water partition coefficient (Wildman–Crippen LogP) is 2.06. The third-order valence-corrected chi connectivity index (χ3v) is 3.73. The number of aliphatic hydroxyl groups excluding tert-OH is 1. The highest BCUT2D eigenvalue weighted by Gasteiger charge is 2.23. The van der Waals surface area contributed by atoms with Crippen LogP contribution in [0, 0.1) is 0 Å². The maximum absolute atomic E-state index is 11.6. The van der Waals surface area contributed by atoms with E-state index in [-0.39, 0.29) is 6.10 Å². The molecule has 5 nitrogen and oxygen atoms in total. The number of aliphatic hydroxyl groups is 1. The summed E-state index contributed by atoms with van der Waals surface area (Å²) in [5, 5.41) is 12.4. The number of carbonyl (C=O) groups is 1. The van der Waals surface area contributed by atoms with Gasteiger partial charge in [-0.25, -0.2) is 4.79 Å². The van der Waals surface area contributed by atoms with Crippen molar-refractivity contribution in [2.24, 2.45) is 0 Å². The van der Waals surface area contributed by atoms with Gasteiger partial charge in [-0.2, -0.15) is 0 Å². The minimum Gasteiger partial charge on any atom is -0.444 e. The fourth-order valence-corrected chi connectivity index (χ4v) is 2.32. The number of nitrogens with one attached hydrogen (secondary N) is 1. The van der Waals surface area contributed by atoms with Gasteiger partial charge in [-0.05, 0) is 18.4 Å².